The Morgan fingerprint density at radius 2 is 2.00 bits per heavy atom. The molecule has 0 amide bonds. The van der Waals surface area contributed by atoms with Crippen LogP contribution in [0, 0.1) is 17.3 Å². The van der Waals surface area contributed by atoms with Crippen LogP contribution in [0.4, 0.5) is 0 Å². The molecular weight excluding hydrogens is 300 g/mol. The Kier molecular flexibility index (Phi) is 3.74. The zero-order chi connectivity index (χ0) is 17.1. The molecule has 3 heteroatoms. The molecule has 3 aliphatic carbocycles. The van der Waals surface area contributed by atoms with E-state index in [0.717, 1.165) is 37.9 Å². The van der Waals surface area contributed by atoms with Gasteiger partial charge in [-0.2, -0.15) is 0 Å². The Bertz CT molecular complexity index is 640. The molecule has 24 heavy (non-hydrogen) atoms. The maximum Gasteiger partial charge on any atom is 0.119 e. The van der Waals surface area contributed by atoms with Gasteiger partial charge in [0.1, 0.15) is 5.75 Å². The summed E-state index contributed by atoms with van der Waals surface area (Å²) in [5, 5.41) is 21.5. The SMILES string of the molecule is COc1ccc2c(c1)CCC1C2CCC2(C)C1CC[C@]2(O)C(C)O. The molecule has 0 radical (unpaired) electrons. The van der Waals surface area contributed by atoms with Gasteiger partial charge in [0.2, 0.25) is 0 Å². The number of hydrogen-bond donors (Lipinski definition) is 2. The number of aliphatic hydroxyl groups excluding tert-OH is 1. The summed E-state index contributed by atoms with van der Waals surface area (Å²) in [5.41, 5.74) is 1.89. The van der Waals surface area contributed by atoms with E-state index in [-0.39, 0.29) is 5.41 Å². The lowest BCUT2D eigenvalue weighted by molar-refractivity contribution is -0.159. The number of aryl methyl sites for hydroxylation is 1. The molecule has 2 N–H and O–H groups in total. The quantitative estimate of drug-likeness (QED) is 0.870. The predicted molar refractivity (Wildman–Crippen MR) is 94.2 cm³/mol. The third-order valence-corrected chi connectivity index (χ3v) is 7.84. The van der Waals surface area contributed by atoms with Crippen LogP contribution in [0.25, 0.3) is 0 Å². The summed E-state index contributed by atoms with van der Waals surface area (Å²) in [7, 11) is 1.73. The van der Waals surface area contributed by atoms with Crippen LogP contribution >= 0.6 is 0 Å². The van der Waals surface area contributed by atoms with E-state index in [2.05, 4.69) is 25.1 Å². The maximum atomic E-state index is 11.2. The van der Waals surface area contributed by atoms with Crippen molar-refractivity contribution in [2.24, 2.45) is 17.3 Å². The summed E-state index contributed by atoms with van der Waals surface area (Å²) < 4.78 is 5.39. The molecule has 1 aromatic carbocycles. The van der Waals surface area contributed by atoms with E-state index in [1.54, 1.807) is 14.0 Å². The number of ether oxygens (including phenoxy) is 1. The Balaban J connectivity index is 1.68. The molecule has 0 bridgehead atoms. The molecule has 0 saturated heterocycles. The number of rotatable bonds is 2. The molecule has 1 aromatic rings. The first-order valence-corrected chi connectivity index (χ1v) is 9.48. The summed E-state index contributed by atoms with van der Waals surface area (Å²) >= 11 is 0. The molecule has 6 atom stereocenters. The highest BCUT2D eigenvalue weighted by atomic mass is 16.5. The van der Waals surface area contributed by atoms with Crippen molar-refractivity contribution in [1.82, 2.24) is 0 Å². The van der Waals surface area contributed by atoms with Crippen molar-refractivity contribution in [2.45, 2.75) is 70.0 Å². The Morgan fingerprint density at radius 3 is 2.71 bits per heavy atom. The van der Waals surface area contributed by atoms with Gasteiger partial charge >= 0.3 is 0 Å². The minimum Gasteiger partial charge on any atom is -0.497 e. The minimum atomic E-state index is -0.914. The van der Waals surface area contributed by atoms with Gasteiger partial charge < -0.3 is 14.9 Å². The normalized spacial score (nSPS) is 42.0. The molecule has 5 unspecified atom stereocenters. The van der Waals surface area contributed by atoms with Crippen LogP contribution in [-0.4, -0.2) is 29.0 Å². The minimum absolute atomic E-state index is 0.147. The highest BCUT2D eigenvalue weighted by molar-refractivity contribution is 5.41. The second-order valence-corrected chi connectivity index (χ2v) is 8.58. The molecular formula is C21H30O3. The highest BCUT2D eigenvalue weighted by Gasteiger charge is 2.63. The van der Waals surface area contributed by atoms with Crippen LogP contribution in [-0.2, 0) is 6.42 Å². The second kappa shape index (κ2) is 5.47. The average Bonchev–Trinajstić information content (AvgIpc) is 2.87. The van der Waals surface area contributed by atoms with Crippen LogP contribution in [0.3, 0.4) is 0 Å². The van der Waals surface area contributed by atoms with Gasteiger partial charge in [-0.25, -0.2) is 0 Å². The van der Waals surface area contributed by atoms with Gasteiger partial charge in [-0.05, 0) is 86.5 Å². The Hall–Kier alpha value is -1.06. The van der Waals surface area contributed by atoms with E-state index in [9.17, 15) is 10.2 Å². The van der Waals surface area contributed by atoms with Gasteiger partial charge in [0, 0.05) is 5.41 Å². The van der Waals surface area contributed by atoms with Crippen LogP contribution in [0.15, 0.2) is 18.2 Å². The zero-order valence-corrected chi connectivity index (χ0v) is 15.1. The Morgan fingerprint density at radius 1 is 1.21 bits per heavy atom. The molecule has 0 heterocycles. The third kappa shape index (κ3) is 2.04. The Labute approximate surface area is 145 Å². The van der Waals surface area contributed by atoms with Gasteiger partial charge in [0.05, 0.1) is 18.8 Å². The van der Waals surface area contributed by atoms with E-state index < -0.39 is 11.7 Å². The predicted octanol–water partition coefficient (Wildman–Crippen LogP) is 3.66. The van der Waals surface area contributed by atoms with Gasteiger partial charge in [-0.3, -0.25) is 0 Å². The first-order valence-electron chi connectivity index (χ1n) is 9.48. The molecule has 4 rings (SSSR count). The zero-order valence-electron chi connectivity index (χ0n) is 15.1. The van der Waals surface area contributed by atoms with Crippen molar-refractivity contribution < 1.29 is 14.9 Å². The van der Waals surface area contributed by atoms with E-state index in [1.165, 1.54) is 17.5 Å². The van der Waals surface area contributed by atoms with Crippen molar-refractivity contribution in [2.75, 3.05) is 7.11 Å². The fourth-order valence-corrected chi connectivity index (χ4v) is 6.42. The molecule has 3 nitrogen and oxygen atoms in total. The van der Waals surface area contributed by atoms with Crippen molar-refractivity contribution in [3.63, 3.8) is 0 Å². The van der Waals surface area contributed by atoms with Gasteiger partial charge in [0.25, 0.3) is 0 Å². The fourth-order valence-electron chi connectivity index (χ4n) is 6.42. The number of benzene rings is 1. The lowest BCUT2D eigenvalue weighted by atomic mass is 9.52. The lowest BCUT2D eigenvalue weighted by Crippen LogP contribution is -2.55. The summed E-state index contributed by atoms with van der Waals surface area (Å²) in [6, 6.07) is 6.57. The van der Waals surface area contributed by atoms with E-state index in [1.807, 2.05) is 0 Å². The lowest BCUT2D eigenvalue weighted by Gasteiger charge is -2.54. The molecule has 2 fully saturated rings. The molecule has 0 aliphatic heterocycles. The van der Waals surface area contributed by atoms with Crippen LogP contribution in [0.5, 0.6) is 5.75 Å². The van der Waals surface area contributed by atoms with Crippen molar-refractivity contribution in [3.8, 4) is 5.75 Å². The average molecular weight is 330 g/mol. The van der Waals surface area contributed by atoms with Gasteiger partial charge in [0.15, 0.2) is 0 Å². The largest absolute Gasteiger partial charge is 0.497 e. The molecule has 132 valence electrons. The van der Waals surface area contributed by atoms with Crippen LogP contribution < -0.4 is 4.74 Å². The molecule has 0 spiro atoms. The van der Waals surface area contributed by atoms with Crippen LogP contribution in [0.1, 0.15) is 63.0 Å². The van der Waals surface area contributed by atoms with E-state index in [0.29, 0.717) is 17.8 Å². The summed E-state index contributed by atoms with van der Waals surface area (Å²) in [6.07, 6.45) is 5.56. The number of aliphatic hydroxyl groups is 2. The van der Waals surface area contributed by atoms with E-state index in [4.69, 9.17) is 4.74 Å². The van der Waals surface area contributed by atoms with Crippen molar-refractivity contribution >= 4 is 0 Å². The van der Waals surface area contributed by atoms with Crippen molar-refractivity contribution in [3.05, 3.63) is 29.3 Å². The van der Waals surface area contributed by atoms with Gasteiger partial charge in [-0.1, -0.05) is 13.0 Å². The molecule has 0 aromatic heterocycles. The highest BCUT2D eigenvalue weighted by Crippen LogP contribution is 2.65. The fraction of sp³-hybridized carbons (Fsp3) is 0.714. The first kappa shape index (κ1) is 16.4. The topological polar surface area (TPSA) is 49.7 Å². The number of methoxy groups -OCH3 is 1. The first-order chi connectivity index (χ1) is 11.4. The number of hydrogen-bond acceptors (Lipinski definition) is 3. The molecule has 2 saturated carbocycles. The van der Waals surface area contributed by atoms with Crippen molar-refractivity contribution in [1.29, 1.82) is 0 Å². The molecule has 3 aliphatic rings. The van der Waals surface area contributed by atoms with E-state index >= 15 is 0 Å². The van der Waals surface area contributed by atoms with Crippen LogP contribution in [0.2, 0.25) is 0 Å². The summed E-state index contributed by atoms with van der Waals surface area (Å²) in [6.45, 7) is 4.00. The third-order valence-electron chi connectivity index (χ3n) is 7.84. The summed E-state index contributed by atoms with van der Waals surface area (Å²) in [5.74, 6) is 2.72. The number of fused-ring (bicyclic) bond motifs is 5. The maximum absolute atomic E-state index is 11.2. The second-order valence-electron chi connectivity index (χ2n) is 8.58. The summed E-state index contributed by atoms with van der Waals surface area (Å²) in [4.78, 5) is 0. The standard InChI is InChI=1S/C21H30O3/c1-13(22)21(23)11-9-19-18-6-4-14-12-15(24-3)5-7-16(14)17(18)8-10-20(19,21)2/h5,7,12-13,17-19,22-23H,4,6,8-11H2,1-3H3/t13?,17?,18?,19?,20?,21-/m0/s1. The smallest absolute Gasteiger partial charge is 0.119 e. The monoisotopic (exact) mass is 330 g/mol. The van der Waals surface area contributed by atoms with Gasteiger partial charge in [-0.15, -0.1) is 0 Å².